The zero-order chi connectivity index (χ0) is 31.5. The number of carboxylic acid groups (broad SMARTS) is 1. The highest BCUT2D eigenvalue weighted by atomic mass is 33.1. The molecule has 1 fully saturated rings. The Balaban J connectivity index is 1.85. The molecule has 1 unspecified atom stereocenters. The summed E-state index contributed by atoms with van der Waals surface area (Å²) in [5.41, 5.74) is 0.516. The van der Waals surface area contributed by atoms with E-state index < -0.39 is 60.5 Å². The van der Waals surface area contributed by atoms with Crippen LogP contribution in [0.2, 0.25) is 0 Å². The predicted octanol–water partition coefficient (Wildman–Crippen LogP) is 2.33. The maximum absolute atomic E-state index is 12.8. The summed E-state index contributed by atoms with van der Waals surface area (Å²) in [4.78, 5) is 64.8. The van der Waals surface area contributed by atoms with Crippen molar-refractivity contribution in [2.24, 2.45) is 0 Å². The molecule has 0 bridgehead atoms. The van der Waals surface area contributed by atoms with Crippen LogP contribution in [0.25, 0.3) is 0 Å². The number of ether oxygens (including phenoxy) is 5. The second-order valence-corrected chi connectivity index (χ2v) is 11.4. The Kier molecular flexibility index (Phi) is 12.6. The van der Waals surface area contributed by atoms with Crippen molar-refractivity contribution < 1.29 is 57.9 Å². The molecule has 1 amide bonds. The summed E-state index contributed by atoms with van der Waals surface area (Å²) in [7, 11) is 2.84. The number of aliphatic hydroxyl groups excluding tert-OH is 1. The standard InChI is InChI=1S/C27H30N2O12S2/c1-14(31)37-22-23(38-15(2)32)25(39-16(3)33)27(41-24(22)26(35)36)40-19-8-7-17(13-30)12-18(19)29-20(34)9-11-42-43-21-6-4-5-10-28-21/h4-8,10,12,22-25,27,30H,9,11,13H2,1-3H3,(H,29,34)(H,35,36)/t22-,23-,24-,25+,27?/m0/s1. The summed E-state index contributed by atoms with van der Waals surface area (Å²) < 4.78 is 27.2. The van der Waals surface area contributed by atoms with Crippen LogP contribution < -0.4 is 10.1 Å². The van der Waals surface area contributed by atoms with Gasteiger partial charge >= 0.3 is 23.9 Å². The minimum absolute atomic E-state index is 0.0418. The Morgan fingerprint density at radius 2 is 1.63 bits per heavy atom. The van der Waals surface area contributed by atoms with Gasteiger partial charge in [0.05, 0.1) is 12.3 Å². The van der Waals surface area contributed by atoms with Gasteiger partial charge in [0.25, 0.3) is 0 Å². The van der Waals surface area contributed by atoms with E-state index in [9.17, 15) is 34.2 Å². The number of aromatic nitrogens is 1. The molecule has 14 nitrogen and oxygen atoms in total. The fraction of sp³-hybridized carbons (Fsp3) is 0.407. The minimum atomic E-state index is -1.89. The molecule has 16 heteroatoms. The number of carboxylic acids is 1. The van der Waals surface area contributed by atoms with Crippen LogP contribution in [0.4, 0.5) is 5.69 Å². The zero-order valence-corrected chi connectivity index (χ0v) is 24.9. The van der Waals surface area contributed by atoms with Crippen molar-refractivity contribution in [3.63, 3.8) is 0 Å². The molecule has 2 heterocycles. The fourth-order valence-corrected chi connectivity index (χ4v) is 5.78. The average molecular weight is 639 g/mol. The molecule has 0 spiro atoms. The van der Waals surface area contributed by atoms with E-state index in [0.717, 1.165) is 25.8 Å². The number of anilines is 1. The SMILES string of the molecule is CC(=O)O[C@H]1[C@H](OC(C)=O)[C@@H](OC(C)=O)C(Oc2ccc(CO)cc2NC(=O)CCSSc2ccccn2)O[C@@H]1C(=O)O. The van der Waals surface area contributed by atoms with E-state index in [1.54, 1.807) is 12.3 Å². The predicted molar refractivity (Wildman–Crippen MR) is 152 cm³/mol. The van der Waals surface area contributed by atoms with Crippen LogP contribution in [0.15, 0.2) is 47.6 Å². The monoisotopic (exact) mass is 638 g/mol. The molecule has 3 rings (SSSR count). The maximum Gasteiger partial charge on any atom is 0.337 e. The summed E-state index contributed by atoms with van der Waals surface area (Å²) >= 11 is 0. The van der Waals surface area contributed by atoms with Gasteiger partial charge in [0.15, 0.2) is 18.3 Å². The lowest BCUT2D eigenvalue weighted by molar-refractivity contribution is -0.281. The first-order valence-electron chi connectivity index (χ1n) is 12.8. The average Bonchev–Trinajstić information content (AvgIpc) is 2.94. The lowest BCUT2D eigenvalue weighted by atomic mass is 9.97. The summed E-state index contributed by atoms with van der Waals surface area (Å²) in [6.45, 7) is 2.74. The van der Waals surface area contributed by atoms with Crippen LogP contribution in [-0.2, 0) is 49.5 Å². The molecule has 1 saturated heterocycles. The first-order valence-corrected chi connectivity index (χ1v) is 15.1. The van der Waals surface area contributed by atoms with E-state index in [-0.39, 0.29) is 24.5 Å². The molecule has 0 saturated carbocycles. The number of benzene rings is 1. The van der Waals surface area contributed by atoms with Crippen LogP contribution in [0.3, 0.4) is 0 Å². The molecule has 5 atom stereocenters. The fourth-order valence-electron chi connectivity index (χ4n) is 3.91. The minimum Gasteiger partial charge on any atom is -0.479 e. The number of amides is 1. The third-order valence-electron chi connectivity index (χ3n) is 5.58. The number of aliphatic hydroxyl groups is 1. The number of carbonyl (C=O) groups is 5. The molecule has 0 aliphatic carbocycles. The summed E-state index contributed by atoms with van der Waals surface area (Å²) in [5, 5.41) is 23.0. The molecule has 1 aromatic carbocycles. The van der Waals surface area contributed by atoms with E-state index >= 15 is 0 Å². The highest BCUT2D eigenvalue weighted by Gasteiger charge is 2.55. The van der Waals surface area contributed by atoms with Crippen molar-refractivity contribution in [3.8, 4) is 5.75 Å². The lowest BCUT2D eigenvalue weighted by Crippen LogP contribution is -2.64. The number of nitrogens with one attached hydrogen (secondary N) is 1. The van der Waals surface area contributed by atoms with E-state index in [1.807, 2.05) is 12.1 Å². The molecule has 232 valence electrons. The second-order valence-electron chi connectivity index (χ2n) is 8.96. The van der Waals surface area contributed by atoms with Gasteiger partial charge in [-0.25, -0.2) is 9.78 Å². The molecule has 43 heavy (non-hydrogen) atoms. The Morgan fingerprint density at radius 3 is 2.23 bits per heavy atom. The Morgan fingerprint density at radius 1 is 0.953 bits per heavy atom. The Bertz CT molecular complexity index is 1310. The smallest absolute Gasteiger partial charge is 0.337 e. The van der Waals surface area contributed by atoms with Gasteiger partial charge in [-0.3, -0.25) is 19.2 Å². The van der Waals surface area contributed by atoms with Crippen molar-refractivity contribution in [2.45, 2.75) is 69.5 Å². The van der Waals surface area contributed by atoms with Crippen LogP contribution >= 0.6 is 21.6 Å². The van der Waals surface area contributed by atoms with Gasteiger partial charge in [-0.05, 0) is 40.6 Å². The van der Waals surface area contributed by atoms with Gasteiger partial charge in [-0.1, -0.05) is 22.9 Å². The highest BCUT2D eigenvalue weighted by molar-refractivity contribution is 8.76. The van der Waals surface area contributed by atoms with Gasteiger partial charge in [-0.15, -0.1) is 0 Å². The van der Waals surface area contributed by atoms with Crippen molar-refractivity contribution in [3.05, 3.63) is 48.2 Å². The number of pyridine rings is 1. The normalized spacial score (nSPS) is 21.3. The van der Waals surface area contributed by atoms with Crippen LogP contribution in [0.1, 0.15) is 32.8 Å². The van der Waals surface area contributed by atoms with E-state index in [4.69, 9.17) is 23.7 Å². The Hall–Kier alpha value is -3.86. The van der Waals surface area contributed by atoms with Gasteiger partial charge in [0.2, 0.25) is 18.3 Å². The molecule has 2 aromatic rings. The number of carbonyl (C=O) groups excluding carboxylic acids is 4. The van der Waals surface area contributed by atoms with Gasteiger partial charge in [0, 0.05) is 39.1 Å². The highest BCUT2D eigenvalue weighted by Crippen LogP contribution is 2.34. The molecule has 0 radical (unpaired) electrons. The van der Waals surface area contributed by atoms with Gasteiger partial charge < -0.3 is 39.2 Å². The number of hydrogen-bond acceptors (Lipinski definition) is 14. The van der Waals surface area contributed by atoms with Crippen LogP contribution in [0, 0.1) is 0 Å². The van der Waals surface area contributed by atoms with Crippen molar-refractivity contribution >= 4 is 57.1 Å². The molecular formula is C27H30N2O12S2. The van der Waals surface area contributed by atoms with Crippen molar-refractivity contribution in [1.82, 2.24) is 4.98 Å². The summed E-state index contributed by atoms with van der Waals surface area (Å²) in [6.07, 6.45) is -6.76. The summed E-state index contributed by atoms with van der Waals surface area (Å²) in [5.74, 6) is -4.23. The number of nitrogens with zero attached hydrogens (tertiary/aromatic N) is 1. The van der Waals surface area contributed by atoms with Gasteiger partial charge in [0.1, 0.15) is 10.8 Å². The first kappa shape index (κ1) is 33.6. The van der Waals surface area contributed by atoms with E-state index in [0.29, 0.717) is 11.3 Å². The number of rotatable bonds is 13. The number of aliphatic carboxylic acids is 1. The van der Waals surface area contributed by atoms with Crippen molar-refractivity contribution in [2.75, 3.05) is 11.1 Å². The van der Waals surface area contributed by atoms with Crippen LogP contribution in [0.5, 0.6) is 5.75 Å². The molecular weight excluding hydrogens is 608 g/mol. The molecule has 3 N–H and O–H groups in total. The molecule has 1 aliphatic rings. The third kappa shape index (κ3) is 10.1. The van der Waals surface area contributed by atoms with E-state index in [2.05, 4.69) is 10.3 Å². The third-order valence-corrected chi connectivity index (χ3v) is 7.85. The Labute approximate surface area is 254 Å². The molecule has 1 aromatic heterocycles. The second kappa shape index (κ2) is 16.1. The number of esters is 3. The van der Waals surface area contributed by atoms with Crippen LogP contribution in [-0.4, -0.2) is 81.4 Å². The largest absolute Gasteiger partial charge is 0.479 e. The van der Waals surface area contributed by atoms with Crippen molar-refractivity contribution in [1.29, 1.82) is 0 Å². The lowest BCUT2D eigenvalue weighted by Gasteiger charge is -2.42. The zero-order valence-electron chi connectivity index (χ0n) is 23.3. The molecule has 1 aliphatic heterocycles. The maximum atomic E-state index is 12.8. The van der Waals surface area contributed by atoms with E-state index in [1.165, 1.54) is 39.8 Å². The topological polar surface area (TPSA) is 197 Å². The first-order chi connectivity index (χ1) is 20.5. The van der Waals surface area contributed by atoms with Gasteiger partial charge in [-0.2, -0.15) is 0 Å². The quantitative estimate of drug-likeness (QED) is 0.125. The summed E-state index contributed by atoms with van der Waals surface area (Å²) in [6, 6.07) is 9.79. The number of hydrogen-bond donors (Lipinski definition) is 3.